The molecule has 146 valence electrons. The van der Waals surface area contributed by atoms with Gasteiger partial charge in [0.05, 0.1) is 33.3 Å². The summed E-state index contributed by atoms with van der Waals surface area (Å²) in [5, 5.41) is 0. The van der Waals surface area contributed by atoms with Gasteiger partial charge < -0.3 is 14.1 Å². The number of halogens is 2. The number of sulfonamides is 1. The average molecular weight is 401 g/mol. The van der Waals surface area contributed by atoms with Gasteiger partial charge in [0.1, 0.15) is 23.1 Å². The van der Waals surface area contributed by atoms with Gasteiger partial charge in [0.2, 0.25) is 15.8 Å². The lowest BCUT2D eigenvalue weighted by molar-refractivity contribution is -0.918. The topological polar surface area (TPSA) is 81.3 Å². The Hall–Kier alpha value is -2.30. The van der Waals surface area contributed by atoms with Gasteiger partial charge in [-0.3, -0.25) is 0 Å². The molecule has 0 spiro atoms. The molecule has 0 unspecified atom stereocenters. The van der Waals surface area contributed by atoms with Crippen LogP contribution >= 0.6 is 0 Å². The third kappa shape index (κ3) is 4.18. The molecule has 0 bridgehead atoms. The monoisotopic (exact) mass is 401 g/mol. The second-order valence-electron chi connectivity index (χ2n) is 6.16. The number of furan rings is 1. The van der Waals surface area contributed by atoms with E-state index < -0.39 is 32.5 Å². The first-order chi connectivity index (χ1) is 12.8. The molecular weight excluding hydrogens is 382 g/mol. The predicted molar refractivity (Wildman–Crippen MR) is 89.6 cm³/mol. The number of esters is 1. The van der Waals surface area contributed by atoms with Gasteiger partial charge in [0.25, 0.3) is 0 Å². The van der Waals surface area contributed by atoms with Crippen molar-refractivity contribution in [2.24, 2.45) is 0 Å². The number of nitrogens with one attached hydrogen (secondary N) is 1. The number of hydrogen-bond donors (Lipinski definition) is 1. The molecule has 1 N–H and O–H groups in total. The highest BCUT2D eigenvalue weighted by molar-refractivity contribution is 7.89. The highest BCUT2D eigenvalue weighted by Crippen LogP contribution is 2.20. The normalized spacial score (nSPS) is 16.4. The number of ether oxygens (including phenoxy) is 1. The Kier molecular flexibility index (Phi) is 5.59. The van der Waals surface area contributed by atoms with Gasteiger partial charge in [-0.15, -0.1) is 0 Å². The van der Waals surface area contributed by atoms with Crippen LogP contribution in [0.5, 0.6) is 0 Å². The number of piperazine rings is 1. The van der Waals surface area contributed by atoms with Crippen molar-refractivity contribution < 1.29 is 36.0 Å². The van der Waals surface area contributed by atoms with Gasteiger partial charge >= 0.3 is 5.97 Å². The number of rotatable bonds is 5. The van der Waals surface area contributed by atoms with Gasteiger partial charge in [-0.25, -0.2) is 22.0 Å². The number of carbonyl (C=O) groups excluding carboxylic acids is 1. The minimum atomic E-state index is -4.02. The highest BCUT2D eigenvalue weighted by Gasteiger charge is 2.32. The molecule has 27 heavy (non-hydrogen) atoms. The molecule has 10 heteroatoms. The molecule has 3 rings (SSSR count). The van der Waals surface area contributed by atoms with Crippen LogP contribution in [-0.4, -0.2) is 52.0 Å². The summed E-state index contributed by atoms with van der Waals surface area (Å²) >= 11 is 0. The number of benzene rings is 1. The van der Waals surface area contributed by atoms with Crippen molar-refractivity contribution in [1.29, 1.82) is 0 Å². The molecule has 0 atom stereocenters. The number of carbonyl (C=O) groups is 1. The zero-order valence-corrected chi connectivity index (χ0v) is 15.4. The SMILES string of the molecule is COC(=O)c1ccc(C[NH+]2CCN(S(=O)(=O)c3ccc(F)cc3F)CC2)o1. The van der Waals surface area contributed by atoms with Crippen molar-refractivity contribution in [3.63, 3.8) is 0 Å². The maximum absolute atomic E-state index is 13.9. The van der Waals surface area contributed by atoms with Crippen LogP contribution in [0.25, 0.3) is 0 Å². The van der Waals surface area contributed by atoms with Crippen LogP contribution in [0.3, 0.4) is 0 Å². The standard InChI is InChI=1S/C17H18F2N2O5S/c1-25-17(22)15-4-3-13(26-15)11-20-6-8-21(9-7-20)27(23,24)16-5-2-12(18)10-14(16)19/h2-5,10H,6-9,11H2,1H3/p+1. The van der Waals surface area contributed by atoms with Crippen molar-refractivity contribution in [2.45, 2.75) is 11.4 Å². The molecule has 1 aromatic heterocycles. The second kappa shape index (κ2) is 7.75. The molecule has 0 aliphatic carbocycles. The first-order valence-electron chi connectivity index (χ1n) is 8.27. The first kappa shape index (κ1) is 19.5. The summed E-state index contributed by atoms with van der Waals surface area (Å²) in [5.41, 5.74) is 0. The van der Waals surface area contributed by atoms with Crippen LogP contribution in [0.2, 0.25) is 0 Å². The number of nitrogens with zero attached hydrogens (tertiary/aromatic N) is 1. The van der Waals surface area contributed by atoms with Gasteiger partial charge in [0.15, 0.2) is 5.76 Å². The highest BCUT2D eigenvalue weighted by atomic mass is 32.2. The molecule has 7 nitrogen and oxygen atoms in total. The minimum Gasteiger partial charge on any atom is -0.463 e. The third-order valence-electron chi connectivity index (χ3n) is 4.41. The summed E-state index contributed by atoms with van der Waals surface area (Å²) in [6.45, 7) is 1.83. The molecule has 1 saturated heterocycles. The Morgan fingerprint density at radius 1 is 1.22 bits per heavy atom. The summed E-state index contributed by atoms with van der Waals surface area (Å²) in [6, 6.07) is 5.63. The van der Waals surface area contributed by atoms with Crippen molar-refractivity contribution >= 4 is 16.0 Å². The van der Waals surface area contributed by atoms with Gasteiger partial charge in [-0.05, 0) is 24.3 Å². The molecule has 2 aromatic rings. The quantitative estimate of drug-likeness (QED) is 0.736. The van der Waals surface area contributed by atoms with Gasteiger partial charge in [0, 0.05) is 6.07 Å². The van der Waals surface area contributed by atoms with E-state index in [0.29, 0.717) is 31.5 Å². The van der Waals surface area contributed by atoms with E-state index in [1.165, 1.54) is 17.5 Å². The average Bonchev–Trinajstić information content (AvgIpc) is 3.09. The molecule has 0 radical (unpaired) electrons. The molecule has 0 amide bonds. The van der Waals surface area contributed by atoms with Crippen LogP contribution in [0, 0.1) is 11.6 Å². The Balaban J connectivity index is 1.63. The number of quaternary nitrogens is 1. The van der Waals surface area contributed by atoms with Gasteiger partial charge in [-0.1, -0.05) is 0 Å². The molecule has 1 fully saturated rings. The fourth-order valence-electron chi connectivity index (χ4n) is 2.97. The maximum Gasteiger partial charge on any atom is 0.373 e. The Labute approximate surface area is 155 Å². The van der Waals surface area contributed by atoms with E-state index in [4.69, 9.17) is 4.42 Å². The van der Waals surface area contributed by atoms with Crippen LogP contribution in [0.4, 0.5) is 8.78 Å². The summed E-state index contributed by atoms with van der Waals surface area (Å²) in [4.78, 5) is 11.9. The number of methoxy groups -OCH3 is 1. The summed E-state index contributed by atoms with van der Waals surface area (Å²) < 4.78 is 63.2. The molecular formula is C17H19F2N2O5S+. The van der Waals surface area contributed by atoms with Crippen LogP contribution in [0.15, 0.2) is 39.6 Å². The van der Waals surface area contributed by atoms with Crippen molar-refractivity contribution in [2.75, 3.05) is 33.3 Å². The molecule has 1 aliphatic heterocycles. The lowest BCUT2D eigenvalue weighted by Gasteiger charge is -2.31. The summed E-state index contributed by atoms with van der Waals surface area (Å²) in [6.07, 6.45) is 0. The second-order valence-corrected chi connectivity index (χ2v) is 8.07. The Bertz CT molecular complexity index is 937. The Morgan fingerprint density at radius 2 is 1.93 bits per heavy atom. The number of hydrogen-bond acceptors (Lipinski definition) is 5. The zero-order chi connectivity index (χ0) is 19.6. The van der Waals surface area contributed by atoms with Crippen LogP contribution in [0.1, 0.15) is 16.3 Å². The predicted octanol–water partition coefficient (Wildman–Crippen LogP) is 0.434. The fraction of sp³-hybridized carbons (Fsp3) is 0.353. The summed E-state index contributed by atoms with van der Waals surface area (Å²) in [5.74, 6) is -1.79. The lowest BCUT2D eigenvalue weighted by Crippen LogP contribution is -3.13. The van der Waals surface area contributed by atoms with E-state index in [1.807, 2.05) is 0 Å². The smallest absolute Gasteiger partial charge is 0.373 e. The largest absolute Gasteiger partial charge is 0.463 e. The van der Waals surface area contributed by atoms with E-state index in [9.17, 15) is 22.0 Å². The van der Waals surface area contributed by atoms with E-state index in [1.54, 1.807) is 6.07 Å². The van der Waals surface area contributed by atoms with E-state index in [0.717, 1.165) is 17.0 Å². The van der Waals surface area contributed by atoms with E-state index in [2.05, 4.69) is 4.74 Å². The zero-order valence-electron chi connectivity index (χ0n) is 14.6. The molecule has 1 aliphatic rings. The molecule has 0 saturated carbocycles. The molecule has 1 aromatic carbocycles. The van der Waals surface area contributed by atoms with Crippen molar-refractivity contribution in [1.82, 2.24) is 4.31 Å². The van der Waals surface area contributed by atoms with Crippen LogP contribution < -0.4 is 4.90 Å². The summed E-state index contributed by atoms with van der Waals surface area (Å²) in [7, 11) is -2.76. The third-order valence-corrected chi connectivity index (χ3v) is 6.35. The molecule has 2 heterocycles. The van der Waals surface area contributed by atoms with Crippen molar-refractivity contribution in [3.05, 3.63) is 53.5 Å². The van der Waals surface area contributed by atoms with Crippen molar-refractivity contribution in [3.8, 4) is 0 Å². The van der Waals surface area contributed by atoms with E-state index >= 15 is 0 Å². The first-order valence-corrected chi connectivity index (χ1v) is 9.71. The van der Waals surface area contributed by atoms with Crippen LogP contribution in [-0.2, 0) is 21.3 Å². The van der Waals surface area contributed by atoms with Gasteiger partial charge in [-0.2, -0.15) is 4.31 Å². The lowest BCUT2D eigenvalue weighted by atomic mass is 10.3. The minimum absolute atomic E-state index is 0.111. The maximum atomic E-state index is 13.9. The fourth-order valence-corrected chi connectivity index (χ4v) is 4.46. The Morgan fingerprint density at radius 3 is 2.56 bits per heavy atom. The van der Waals surface area contributed by atoms with E-state index in [-0.39, 0.29) is 18.8 Å².